The number of anilines is 1. The summed E-state index contributed by atoms with van der Waals surface area (Å²) in [7, 11) is 3.61. The Hall–Kier alpha value is -2.13. The third kappa shape index (κ3) is 6.71. The van der Waals surface area contributed by atoms with E-state index in [4.69, 9.17) is 0 Å². The first-order valence-electron chi connectivity index (χ1n) is 9.08. The van der Waals surface area contributed by atoms with Crippen molar-refractivity contribution in [2.45, 2.75) is 6.04 Å². The number of benzene rings is 1. The highest BCUT2D eigenvalue weighted by molar-refractivity contribution is 5.92. The molecular formula is C19H28Cl2N6O2. The van der Waals surface area contributed by atoms with Crippen molar-refractivity contribution in [1.29, 1.82) is 0 Å². The topological polar surface area (TPSA) is 82.5 Å². The van der Waals surface area contributed by atoms with Crippen LogP contribution in [-0.4, -0.2) is 71.2 Å². The molecule has 2 amide bonds. The Morgan fingerprint density at radius 3 is 2.31 bits per heavy atom. The van der Waals surface area contributed by atoms with Crippen molar-refractivity contribution in [3.05, 3.63) is 48.3 Å². The van der Waals surface area contributed by atoms with Crippen molar-refractivity contribution >= 4 is 42.3 Å². The molecule has 1 aliphatic rings. The molecular weight excluding hydrogens is 415 g/mol. The lowest BCUT2D eigenvalue weighted by molar-refractivity contribution is -0.135. The van der Waals surface area contributed by atoms with Crippen LogP contribution in [0.1, 0.15) is 11.6 Å². The lowest BCUT2D eigenvalue weighted by Crippen LogP contribution is -2.52. The summed E-state index contributed by atoms with van der Waals surface area (Å²) in [5.74, 6) is 0.00308. The van der Waals surface area contributed by atoms with E-state index in [1.807, 2.05) is 48.5 Å². The highest BCUT2D eigenvalue weighted by Gasteiger charge is 2.28. The van der Waals surface area contributed by atoms with Gasteiger partial charge in [-0.25, -0.2) is 0 Å². The molecule has 1 aromatic carbocycles. The van der Waals surface area contributed by atoms with E-state index in [1.165, 1.54) is 0 Å². The number of carbonyl (C=O) groups is 2. The lowest BCUT2D eigenvalue weighted by Gasteiger charge is -2.35. The molecule has 1 atom stereocenters. The molecule has 0 bridgehead atoms. The zero-order valence-corrected chi connectivity index (χ0v) is 18.2. The fourth-order valence-electron chi connectivity index (χ4n) is 3.26. The van der Waals surface area contributed by atoms with Crippen LogP contribution in [0.15, 0.2) is 42.7 Å². The van der Waals surface area contributed by atoms with Gasteiger partial charge in [0.15, 0.2) is 0 Å². The quantitative estimate of drug-likeness (QED) is 0.704. The van der Waals surface area contributed by atoms with Crippen molar-refractivity contribution in [3.8, 4) is 0 Å². The molecule has 0 aliphatic carbocycles. The van der Waals surface area contributed by atoms with Gasteiger partial charge in [-0.3, -0.25) is 19.2 Å². The third-order valence-electron chi connectivity index (χ3n) is 4.70. The number of hydrogen-bond acceptors (Lipinski definition) is 5. The average Bonchev–Trinajstić information content (AvgIpc) is 3.09. The molecule has 3 rings (SSSR count). The van der Waals surface area contributed by atoms with Crippen molar-refractivity contribution < 1.29 is 9.59 Å². The smallest absolute Gasteiger partial charge is 0.244 e. The van der Waals surface area contributed by atoms with Gasteiger partial charge in [0, 0.05) is 50.7 Å². The summed E-state index contributed by atoms with van der Waals surface area (Å²) in [6.07, 6.45) is 3.56. The summed E-state index contributed by atoms with van der Waals surface area (Å²) in [6, 6.07) is 9.03. The predicted molar refractivity (Wildman–Crippen MR) is 118 cm³/mol. The third-order valence-corrected chi connectivity index (χ3v) is 4.70. The summed E-state index contributed by atoms with van der Waals surface area (Å²) in [4.78, 5) is 28.9. The maximum Gasteiger partial charge on any atom is 0.244 e. The number of amides is 2. The molecule has 1 unspecified atom stereocenters. The van der Waals surface area contributed by atoms with Gasteiger partial charge in [0.25, 0.3) is 0 Å². The molecule has 1 aliphatic heterocycles. The number of carbonyl (C=O) groups excluding carboxylic acids is 2. The lowest BCUT2D eigenvalue weighted by atomic mass is 10.1. The van der Waals surface area contributed by atoms with Gasteiger partial charge >= 0.3 is 0 Å². The van der Waals surface area contributed by atoms with Gasteiger partial charge in [-0.1, -0.05) is 18.2 Å². The Kier molecular flexibility index (Phi) is 10.1. The normalized spacial score (nSPS) is 15.0. The molecule has 8 nitrogen and oxygen atoms in total. The second kappa shape index (κ2) is 11.8. The number of piperazine rings is 1. The van der Waals surface area contributed by atoms with E-state index in [0.717, 1.165) is 11.3 Å². The first-order valence-corrected chi connectivity index (χ1v) is 9.08. The standard InChI is InChI=1S/C19H26N6O2.2ClH/c1-20-18(15-12-21-23(2)13-15)19(27)25-10-8-24(9-11-25)14-17(26)22-16-6-4-3-5-7-16;;/h3-7,12-13,18,20H,8-11,14H2,1-2H3,(H,22,26);2*1H. The van der Waals surface area contributed by atoms with Gasteiger partial charge in [-0.15, -0.1) is 24.8 Å². The van der Waals surface area contributed by atoms with E-state index < -0.39 is 6.04 Å². The van der Waals surface area contributed by atoms with E-state index >= 15 is 0 Å². The number of likely N-dealkylation sites (N-methyl/N-ethyl adjacent to an activating group) is 1. The molecule has 10 heteroatoms. The highest BCUT2D eigenvalue weighted by Crippen LogP contribution is 2.16. The summed E-state index contributed by atoms with van der Waals surface area (Å²) < 4.78 is 1.69. The predicted octanol–water partition coefficient (Wildman–Crippen LogP) is 1.31. The monoisotopic (exact) mass is 442 g/mol. The Bertz CT molecular complexity index is 778. The Labute approximate surface area is 183 Å². The van der Waals surface area contributed by atoms with Crippen LogP contribution in [0.4, 0.5) is 5.69 Å². The van der Waals surface area contributed by atoms with Crippen LogP contribution in [0.5, 0.6) is 0 Å². The van der Waals surface area contributed by atoms with Gasteiger partial charge in [0.05, 0.1) is 12.7 Å². The molecule has 1 fully saturated rings. The number of hydrogen-bond donors (Lipinski definition) is 2. The minimum atomic E-state index is -0.397. The second-order valence-corrected chi connectivity index (χ2v) is 6.68. The van der Waals surface area contributed by atoms with Crippen LogP contribution in [0.25, 0.3) is 0 Å². The first-order chi connectivity index (χ1) is 13.1. The largest absolute Gasteiger partial charge is 0.338 e. The molecule has 29 heavy (non-hydrogen) atoms. The van der Waals surface area contributed by atoms with E-state index in [2.05, 4.69) is 20.6 Å². The van der Waals surface area contributed by atoms with Crippen molar-refractivity contribution in [2.24, 2.45) is 7.05 Å². The summed E-state index contributed by atoms with van der Waals surface area (Å²) in [6.45, 7) is 2.90. The molecule has 2 heterocycles. The maximum absolute atomic E-state index is 12.8. The van der Waals surface area contributed by atoms with Crippen LogP contribution in [0, 0.1) is 0 Å². The molecule has 2 aromatic rings. The number of rotatable bonds is 6. The molecule has 2 N–H and O–H groups in total. The number of halogens is 2. The van der Waals surface area contributed by atoms with Crippen LogP contribution in [0.3, 0.4) is 0 Å². The Balaban J connectivity index is 0.00000210. The first kappa shape index (κ1) is 24.9. The van der Waals surface area contributed by atoms with Crippen molar-refractivity contribution in [1.82, 2.24) is 24.9 Å². The summed E-state index contributed by atoms with van der Waals surface area (Å²) in [5.41, 5.74) is 1.65. The molecule has 1 saturated heterocycles. The second-order valence-electron chi connectivity index (χ2n) is 6.68. The van der Waals surface area contributed by atoms with Gasteiger partial charge in [0.1, 0.15) is 6.04 Å². The SMILES string of the molecule is CNC(C(=O)N1CCN(CC(=O)Nc2ccccc2)CC1)c1cnn(C)c1.Cl.Cl. The average molecular weight is 443 g/mol. The number of aromatic nitrogens is 2. The molecule has 160 valence electrons. The summed E-state index contributed by atoms with van der Waals surface area (Å²) in [5, 5.41) is 10.1. The van der Waals surface area contributed by atoms with Gasteiger partial charge < -0.3 is 15.5 Å². The number of nitrogens with one attached hydrogen (secondary N) is 2. The van der Waals surface area contributed by atoms with Crippen LogP contribution >= 0.6 is 24.8 Å². The Morgan fingerprint density at radius 1 is 1.10 bits per heavy atom. The van der Waals surface area contributed by atoms with Crippen LogP contribution in [0.2, 0.25) is 0 Å². The molecule has 0 spiro atoms. The molecule has 0 radical (unpaired) electrons. The molecule has 0 saturated carbocycles. The Morgan fingerprint density at radius 2 is 1.76 bits per heavy atom. The summed E-state index contributed by atoms with van der Waals surface area (Å²) >= 11 is 0. The fourth-order valence-corrected chi connectivity index (χ4v) is 3.26. The minimum Gasteiger partial charge on any atom is -0.338 e. The van der Waals surface area contributed by atoms with E-state index in [1.54, 1.807) is 17.9 Å². The van der Waals surface area contributed by atoms with E-state index in [0.29, 0.717) is 32.7 Å². The zero-order valence-electron chi connectivity index (χ0n) is 16.6. The number of para-hydroxylation sites is 1. The number of aryl methyl sites for hydroxylation is 1. The maximum atomic E-state index is 12.8. The minimum absolute atomic E-state index is 0. The number of nitrogens with zero attached hydrogens (tertiary/aromatic N) is 4. The van der Waals surface area contributed by atoms with Crippen molar-refractivity contribution in [2.75, 3.05) is 45.1 Å². The van der Waals surface area contributed by atoms with Gasteiger partial charge in [-0.05, 0) is 19.2 Å². The van der Waals surface area contributed by atoms with Crippen LogP contribution in [-0.2, 0) is 16.6 Å². The van der Waals surface area contributed by atoms with E-state index in [9.17, 15) is 9.59 Å². The van der Waals surface area contributed by atoms with Crippen LogP contribution < -0.4 is 10.6 Å². The van der Waals surface area contributed by atoms with Gasteiger partial charge in [-0.2, -0.15) is 5.10 Å². The molecule has 1 aromatic heterocycles. The highest BCUT2D eigenvalue weighted by atomic mass is 35.5. The fraction of sp³-hybridized carbons (Fsp3) is 0.421. The zero-order chi connectivity index (χ0) is 19.2. The van der Waals surface area contributed by atoms with Crippen molar-refractivity contribution in [3.63, 3.8) is 0 Å². The van der Waals surface area contributed by atoms with Gasteiger partial charge in [0.2, 0.25) is 11.8 Å². The van der Waals surface area contributed by atoms with E-state index in [-0.39, 0.29) is 36.6 Å².